The first-order chi connectivity index (χ1) is 17.9. The number of aliphatic imine (C=N–C) groups is 1. The molecule has 7 nitrogen and oxygen atoms in total. The van der Waals surface area contributed by atoms with Crippen molar-refractivity contribution in [1.29, 1.82) is 0 Å². The number of nitrogens with zero attached hydrogens (tertiary/aromatic N) is 2. The maximum Gasteiger partial charge on any atom is 0.387 e. The number of amides is 2. The molecule has 2 amide bonds. The van der Waals surface area contributed by atoms with Crippen LogP contribution in [0.5, 0.6) is 5.75 Å². The van der Waals surface area contributed by atoms with Crippen LogP contribution in [0.25, 0.3) is 6.08 Å². The molecule has 192 valence electrons. The number of benzene rings is 2. The second-order valence-electron chi connectivity index (χ2n) is 7.95. The molecule has 0 unspecified atom stereocenters. The standard InChI is InChI=1S/C27H25F2N3O4S/c1-3-17-7-5-8-18(4-2)24(17)31-23(33)16-37-27-30-22(15-21-9-6-14-35-21)25(34)32(27)19-10-12-20(13-11-19)36-26(28)29/h5-15,26H,3-4,16H2,1-2H3,(H,31,33)/b22-15-. The lowest BCUT2D eigenvalue weighted by molar-refractivity contribution is -0.114. The van der Waals surface area contributed by atoms with Gasteiger partial charge >= 0.3 is 6.61 Å². The molecule has 10 heteroatoms. The van der Waals surface area contributed by atoms with Crippen LogP contribution in [-0.2, 0) is 22.4 Å². The number of hydrogen-bond acceptors (Lipinski definition) is 6. The van der Waals surface area contributed by atoms with Crippen LogP contribution in [0.15, 0.2) is 76.0 Å². The molecule has 0 aliphatic carbocycles. The Labute approximate surface area is 217 Å². The molecule has 37 heavy (non-hydrogen) atoms. The molecule has 1 aliphatic rings. The predicted octanol–water partition coefficient (Wildman–Crippen LogP) is 6.12. The number of ether oxygens (including phenoxy) is 1. The lowest BCUT2D eigenvalue weighted by atomic mass is 10.0. The molecule has 1 aliphatic heterocycles. The molecule has 0 bridgehead atoms. The SMILES string of the molecule is CCc1cccc(CC)c1NC(=O)CSC1=N/C(=C\c2ccco2)C(=O)N1c1ccc(OC(F)F)cc1. The Morgan fingerprint density at radius 3 is 2.41 bits per heavy atom. The van der Waals surface area contributed by atoms with E-state index in [1.165, 1.54) is 41.5 Å². The minimum absolute atomic E-state index is 0.00439. The van der Waals surface area contributed by atoms with E-state index in [1.54, 1.807) is 12.1 Å². The molecule has 3 aromatic rings. The molecule has 0 saturated heterocycles. The fourth-order valence-electron chi connectivity index (χ4n) is 3.81. The van der Waals surface area contributed by atoms with Crippen LogP contribution < -0.4 is 15.0 Å². The summed E-state index contributed by atoms with van der Waals surface area (Å²) in [4.78, 5) is 31.9. The summed E-state index contributed by atoms with van der Waals surface area (Å²) in [6.45, 7) is 1.10. The van der Waals surface area contributed by atoms with E-state index in [0.717, 1.165) is 41.4 Å². The molecular formula is C27H25F2N3O4S. The number of rotatable bonds is 9. The van der Waals surface area contributed by atoms with Gasteiger partial charge in [0.2, 0.25) is 5.91 Å². The third-order valence-electron chi connectivity index (χ3n) is 5.57. The van der Waals surface area contributed by atoms with Gasteiger partial charge in [0.1, 0.15) is 17.2 Å². The average Bonchev–Trinajstić information content (AvgIpc) is 3.51. The highest BCUT2D eigenvalue weighted by atomic mass is 32.2. The Morgan fingerprint density at radius 2 is 1.81 bits per heavy atom. The Balaban J connectivity index is 1.56. The summed E-state index contributed by atoms with van der Waals surface area (Å²) in [5.74, 6) is -0.264. The van der Waals surface area contributed by atoms with E-state index >= 15 is 0 Å². The van der Waals surface area contributed by atoms with E-state index < -0.39 is 12.5 Å². The first-order valence-electron chi connectivity index (χ1n) is 11.7. The number of alkyl halides is 2. The molecule has 0 spiro atoms. The zero-order chi connectivity index (χ0) is 26.4. The number of hydrogen-bond donors (Lipinski definition) is 1. The van der Waals surface area contributed by atoms with Crippen molar-refractivity contribution in [3.8, 4) is 5.75 Å². The maximum atomic E-state index is 13.2. The molecule has 2 aromatic carbocycles. The third-order valence-corrected chi connectivity index (χ3v) is 6.51. The highest BCUT2D eigenvalue weighted by Gasteiger charge is 2.32. The first kappa shape index (κ1) is 26.2. The minimum Gasteiger partial charge on any atom is -0.465 e. The average molecular weight is 526 g/mol. The summed E-state index contributed by atoms with van der Waals surface area (Å²) >= 11 is 1.10. The number of thioether (sulfide) groups is 1. The molecule has 0 fully saturated rings. The van der Waals surface area contributed by atoms with Gasteiger partial charge in [-0.2, -0.15) is 8.78 Å². The fourth-order valence-corrected chi connectivity index (χ4v) is 4.63. The summed E-state index contributed by atoms with van der Waals surface area (Å²) in [6.07, 6.45) is 4.53. The highest BCUT2D eigenvalue weighted by molar-refractivity contribution is 8.14. The predicted molar refractivity (Wildman–Crippen MR) is 141 cm³/mol. The van der Waals surface area contributed by atoms with Gasteiger partial charge in [-0.15, -0.1) is 0 Å². The highest BCUT2D eigenvalue weighted by Crippen LogP contribution is 2.31. The number of nitrogens with one attached hydrogen (secondary N) is 1. The van der Waals surface area contributed by atoms with Gasteiger partial charge in [0.15, 0.2) is 5.17 Å². The van der Waals surface area contributed by atoms with Crippen LogP contribution >= 0.6 is 11.8 Å². The molecule has 2 heterocycles. The van der Waals surface area contributed by atoms with Gasteiger partial charge in [-0.1, -0.05) is 43.8 Å². The zero-order valence-corrected chi connectivity index (χ0v) is 21.1. The van der Waals surface area contributed by atoms with Crippen molar-refractivity contribution >= 4 is 46.2 Å². The molecule has 0 atom stereocenters. The number of amidine groups is 1. The van der Waals surface area contributed by atoms with Crippen molar-refractivity contribution in [2.24, 2.45) is 4.99 Å². The van der Waals surface area contributed by atoms with Crippen LogP contribution in [0.3, 0.4) is 0 Å². The number of para-hydroxylation sites is 1. The third kappa shape index (κ3) is 6.26. The van der Waals surface area contributed by atoms with Gasteiger partial charge in [0, 0.05) is 11.8 Å². The van der Waals surface area contributed by atoms with Crippen molar-refractivity contribution in [2.45, 2.75) is 33.3 Å². The number of halogens is 2. The molecule has 0 radical (unpaired) electrons. The first-order valence-corrected chi connectivity index (χ1v) is 12.6. The maximum absolute atomic E-state index is 13.2. The summed E-state index contributed by atoms with van der Waals surface area (Å²) in [5, 5.41) is 3.29. The van der Waals surface area contributed by atoms with E-state index in [4.69, 9.17) is 4.42 Å². The summed E-state index contributed by atoms with van der Waals surface area (Å²) in [6, 6.07) is 15.0. The largest absolute Gasteiger partial charge is 0.465 e. The lowest BCUT2D eigenvalue weighted by Crippen LogP contribution is -2.31. The smallest absolute Gasteiger partial charge is 0.387 e. The van der Waals surface area contributed by atoms with Crippen molar-refractivity contribution in [3.63, 3.8) is 0 Å². The minimum atomic E-state index is -2.96. The van der Waals surface area contributed by atoms with Crippen molar-refractivity contribution in [3.05, 3.63) is 83.4 Å². The van der Waals surface area contributed by atoms with Gasteiger partial charge in [0.25, 0.3) is 5.91 Å². The van der Waals surface area contributed by atoms with Gasteiger partial charge < -0.3 is 14.5 Å². The monoisotopic (exact) mass is 525 g/mol. The molecule has 0 saturated carbocycles. The van der Waals surface area contributed by atoms with Gasteiger partial charge in [0.05, 0.1) is 17.7 Å². The summed E-state index contributed by atoms with van der Waals surface area (Å²) in [5.41, 5.74) is 3.42. The van der Waals surface area contributed by atoms with E-state index in [1.807, 2.05) is 32.0 Å². The number of furan rings is 1. The van der Waals surface area contributed by atoms with Crippen molar-refractivity contribution < 1.29 is 27.5 Å². The van der Waals surface area contributed by atoms with E-state index in [0.29, 0.717) is 11.4 Å². The van der Waals surface area contributed by atoms with E-state index in [9.17, 15) is 18.4 Å². The van der Waals surface area contributed by atoms with Crippen LogP contribution in [0.1, 0.15) is 30.7 Å². The second-order valence-corrected chi connectivity index (χ2v) is 8.89. The Hall–Kier alpha value is -3.92. The quantitative estimate of drug-likeness (QED) is 0.340. The number of carbonyl (C=O) groups excluding carboxylic acids is 2. The van der Waals surface area contributed by atoms with E-state index in [2.05, 4.69) is 15.0 Å². The number of aryl methyl sites for hydroxylation is 2. The van der Waals surface area contributed by atoms with Gasteiger partial charge in [-0.05, 0) is 60.4 Å². The van der Waals surface area contributed by atoms with Crippen molar-refractivity contribution in [2.75, 3.05) is 16.0 Å². The Kier molecular flexibility index (Phi) is 8.39. The molecule has 1 aromatic heterocycles. The van der Waals surface area contributed by atoms with Gasteiger partial charge in [-0.3, -0.25) is 14.5 Å². The van der Waals surface area contributed by atoms with Crippen LogP contribution in [0.2, 0.25) is 0 Å². The van der Waals surface area contributed by atoms with Crippen LogP contribution in [-0.4, -0.2) is 29.3 Å². The molecular weight excluding hydrogens is 500 g/mol. The lowest BCUT2D eigenvalue weighted by Gasteiger charge is -2.18. The fraction of sp³-hybridized carbons (Fsp3) is 0.222. The molecule has 1 N–H and O–H groups in total. The van der Waals surface area contributed by atoms with E-state index in [-0.39, 0.29) is 28.3 Å². The summed E-state index contributed by atoms with van der Waals surface area (Å²) < 4.78 is 34.8. The normalized spacial score (nSPS) is 14.4. The van der Waals surface area contributed by atoms with Crippen molar-refractivity contribution in [1.82, 2.24) is 0 Å². The molecule has 4 rings (SSSR count). The zero-order valence-electron chi connectivity index (χ0n) is 20.2. The van der Waals surface area contributed by atoms with Crippen LogP contribution in [0, 0.1) is 0 Å². The van der Waals surface area contributed by atoms with Gasteiger partial charge in [-0.25, -0.2) is 4.99 Å². The topological polar surface area (TPSA) is 84.1 Å². The summed E-state index contributed by atoms with van der Waals surface area (Å²) in [7, 11) is 0. The second kappa shape index (κ2) is 11.9. The number of carbonyl (C=O) groups is 2. The van der Waals surface area contributed by atoms with Crippen LogP contribution in [0.4, 0.5) is 20.2 Å². The Bertz CT molecular complexity index is 1300. The number of anilines is 2. The Morgan fingerprint density at radius 1 is 1.11 bits per heavy atom.